The second-order valence-electron chi connectivity index (χ2n) is 2.70. The zero-order chi connectivity index (χ0) is 7.28. The first-order chi connectivity index (χ1) is 4.13. The molecule has 9 heavy (non-hydrogen) atoms. The Morgan fingerprint density at radius 1 is 1.67 bits per heavy atom. The zero-order valence-electron chi connectivity index (χ0n) is 6.35. The first kappa shape index (κ1) is 8.70. The molecule has 0 radical (unpaired) electrons. The molecule has 1 N–H and O–H groups in total. The molecule has 0 aromatic rings. The largest absolute Gasteiger partial charge is 0.393 e. The molecule has 0 unspecified atom stereocenters. The molecular weight excluding hydrogens is 112 g/mol. The molecule has 1 heteroatoms. The maximum absolute atomic E-state index is 8.84. The Bertz CT molecular complexity index is 84.6. The minimum Gasteiger partial charge on any atom is -0.393 e. The summed E-state index contributed by atoms with van der Waals surface area (Å²) in [7, 11) is 0. The normalized spacial score (nSPS) is 13.2. The van der Waals surface area contributed by atoms with Crippen LogP contribution in [0.5, 0.6) is 0 Å². The van der Waals surface area contributed by atoms with E-state index in [4.69, 9.17) is 5.11 Å². The van der Waals surface area contributed by atoms with E-state index in [0.29, 0.717) is 0 Å². The van der Waals surface area contributed by atoms with Gasteiger partial charge in [0, 0.05) is 0 Å². The molecule has 0 spiro atoms. The van der Waals surface area contributed by atoms with E-state index in [0.717, 1.165) is 19.3 Å². The predicted octanol–water partition coefficient (Wildman–Crippen LogP) is 2.11. The van der Waals surface area contributed by atoms with Crippen LogP contribution in [0.2, 0.25) is 0 Å². The van der Waals surface area contributed by atoms with Crippen molar-refractivity contribution < 1.29 is 5.11 Å². The van der Waals surface area contributed by atoms with Gasteiger partial charge in [0.05, 0.1) is 6.10 Å². The summed E-state index contributed by atoms with van der Waals surface area (Å²) < 4.78 is 0. The van der Waals surface area contributed by atoms with Gasteiger partial charge in [-0.25, -0.2) is 0 Å². The molecule has 0 bridgehead atoms. The third-order valence-corrected chi connectivity index (χ3v) is 1.23. The van der Waals surface area contributed by atoms with Gasteiger partial charge in [-0.2, -0.15) is 0 Å². The lowest BCUT2D eigenvalue weighted by molar-refractivity contribution is 0.182. The minimum atomic E-state index is -0.149. The Balaban J connectivity index is 3.01. The van der Waals surface area contributed by atoms with Crippen molar-refractivity contribution >= 4 is 0 Å². The maximum atomic E-state index is 8.84. The maximum Gasteiger partial charge on any atom is 0.0512 e. The van der Waals surface area contributed by atoms with Crippen LogP contribution >= 0.6 is 0 Å². The fourth-order valence-corrected chi connectivity index (χ4v) is 0.699. The van der Waals surface area contributed by atoms with Crippen LogP contribution < -0.4 is 0 Å². The number of aliphatic hydroxyl groups excluding tert-OH is 1. The fourth-order valence-electron chi connectivity index (χ4n) is 0.699. The Labute approximate surface area is 57.4 Å². The van der Waals surface area contributed by atoms with Crippen molar-refractivity contribution in [2.24, 2.45) is 0 Å². The summed E-state index contributed by atoms with van der Waals surface area (Å²) in [6.07, 6.45) is 2.86. The number of allylic oxidation sites excluding steroid dienone is 1. The molecule has 1 nitrogen and oxygen atoms in total. The van der Waals surface area contributed by atoms with Crippen LogP contribution in [0.25, 0.3) is 0 Å². The van der Waals surface area contributed by atoms with E-state index < -0.39 is 0 Å². The predicted molar refractivity (Wildman–Crippen MR) is 40.3 cm³/mol. The van der Waals surface area contributed by atoms with Crippen molar-refractivity contribution in [1.29, 1.82) is 0 Å². The van der Waals surface area contributed by atoms with Crippen LogP contribution in [-0.2, 0) is 0 Å². The van der Waals surface area contributed by atoms with E-state index >= 15 is 0 Å². The van der Waals surface area contributed by atoms with Crippen LogP contribution in [-0.4, -0.2) is 11.2 Å². The molecular formula is C8H16O. The van der Waals surface area contributed by atoms with Crippen molar-refractivity contribution in [1.82, 2.24) is 0 Å². The first-order valence-electron chi connectivity index (χ1n) is 3.45. The Hall–Kier alpha value is -0.300. The summed E-state index contributed by atoms with van der Waals surface area (Å²) in [6.45, 7) is 7.60. The number of hydrogen-bond donors (Lipinski definition) is 1. The highest BCUT2D eigenvalue weighted by Gasteiger charge is 1.93. The van der Waals surface area contributed by atoms with E-state index in [-0.39, 0.29) is 6.10 Å². The van der Waals surface area contributed by atoms with Gasteiger partial charge >= 0.3 is 0 Å². The molecule has 0 aliphatic carbocycles. The summed E-state index contributed by atoms with van der Waals surface area (Å²) in [5.74, 6) is 0. The highest BCUT2D eigenvalue weighted by atomic mass is 16.3. The molecule has 0 heterocycles. The van der Waals surface area contributed by atoms with Crippen molar-refractivity contribution in [2.45, 2.75) is 39.2 Å². The summed E-state index contributed by atoms with van der Waals surface area (Å²) in [5.41, 5.74) is 1.20. The van der Waals surface area contributed by atoms with Gasteiger partial charge in [-0.3, -0.25) is 0 Å². The van der Waals surface area contributed by atoms with Gasteiger partial charge < -0.3 is 5.11 Å². The summed E-state index contributed by atoms with van der Waals surface area (Å²) in [6, 6.07) is 0. The molecule has 0 aromatic carbocycles. The van der Waals surface area contributed by atoms with Crippen LogP contribution in [0.4, 0.5) is 0 Å². The SMILES string of the molecule is C=C(C)CCC[C@@H](C)O. The van der Waals surface area contributed by atoms with Gasteiger partial charge in [0.2, 0.25) is 0 Å². The highest BCUT2D eigenvalue weighted by Crippen LogP contribution is 2.05. The third-order valence-electron chi connectivity index (χ3n) is 1.23. The number of aliphatic hydroxyl groups is 1. The Morgan fingerprint density at radius 2 is 2.22 bits per heavy atom. The zero-order valence-corrected chi connectivity index (χ0v) is 6.35. The minimum absolute atomic E-state index is 0.149. The monoisotopic (exact) mass is 128 g/mol. The van der Waals surface area contributed by atoms with Gasteiger partial charge in [-0.05, 0) is 33.1 Å². The Kier molecular flexibility index (Phi) is 4.41. The molecule has 0 aromatic heterocycles. The van der Waals surface area contributed by atoms with Gasteiger partial charge in [0.1, 0.15) is 0 Å². The van der Waals surface area contributed by atoms with Crippen LogP contribution in [0.3, 0.4) is 0 Å². The molecule has 54 valence electrons. The van der Waals surface area contributed by atoms with Gasteiger partial charge in [-0.15, -0.1) is 6.58 Å². The number of hydrogen-bond acceptors (Lipinski definition) is 1. The Morgan fingerprint density at radius 3 is 2.56 bits per heavy atom. The smallest absolute Gasteiger partial charge is 0.0512 e. The lowest BCUT2D eigenvalue weighted by Gasteiger charge is -2.01. The quantitative estimate of drug-likeness (QED) is 0.575. The average Bonchev–Trinajstić information content (AvgIpc) is 1.63. The molecule has 0 saturated heterocycles. The molecule has 0 aliphatic heterocycles. The van der Waals surface area contributed by atoms with Crippen LogP contribution in [0.15, 0.2) is 12.2 Å². The molecule has 1 atom stereocenters. The van der Waals surface area contributed by atoms with Crippen molar-refractivity contribution in [3.8, 4) is 0 Å². The lowest BCUT2D eigenvalue weighted by atomic mass is 10.1. The van der Waals surface area contributed by atoms with Crippen molar-refractivity contribution in [2.75, 3.05) is 0 Å². The average molecular weight is 128 g/mol. The topological polar surface area (TPSA) is 20.2 Å². The molecule has 0 aliphatic rings. The van der Waals surface area contributed by atoms with Gasteiger partial charge in [0.15, 0.2) is 0 Å². The molecule has 0 rings (SSSR count). The van der Waals surface area contributed by atoms with E-state index in [9.17, 15) is 0 Å². The van der Waals surface area contributed by atoms with E-state index in [1.165, 1.54) is 5.57 Å². The summed E-state index contributed by atoms with van der Waals surface area (Å²) >= 11 is 0. The molecule has 0 saturated carbocycles. The van der Waals surface area contributed by atoms with Gasteiger partial charge in [-0.1, -0.05) is 5.57 Å². The van der Waals surface area contributed by atoms with Crippen molar-refractivity contribution in [3.63, 3.8) is 0 Å². The highest BCUT2D eigenvalue weighted by molar-refractivity contribution is 4.87. The second-order valence-corrected chi connectivity index (χ2v) is 2.70. The van der Waals surface area contributed by atoms with E-state index in [1.807, 2.05) is 13.8 Å². The van der Waals surface area contributed by atoms with E-state index in [2.05, 4.69) is 6.58 Å². The molecule has 0 amide bonds. The van der Waals surface area contributed by atoms with Crippen LogP contribution in [0.1, 0.15) is 33.1 Å². The second kappa shape index (κ2) is 4.57. The number of rotatable bonds is 4. The van der Waals surface area contributed by atoms with Crippen molar-refractivity contribution in [3.05, 3.63) is 12.2 Å². The standard InChI is InChI=1S/C8H16O/c1-7(2)5-4-6-8(3)9/h8-9H,1,4-6H2,2-3H3/t8-/m1/s1. The van der Waals surface area contributed by atoms with E-state index in [1.54, 1.807) is 0 Å². The van der Waals surface area contributed by atoms with Crippen LogP contribution in [0, 0.1) is 0 Å². The fraction of sp³-hybridized carbons (Fsp3) is 0.750. The lowest BCUT2D eigenvalue weighted by Crippen LogP contribution is -1.98. The third kappa shape index (κ3) is 7.70. The van der Waals surface area contributed by atoms with Gasteiger partial charge in [0.25, 0.3) is 0 Å². The summed E-state index contributed by atoms with van der Waals surface area (Å²) in [5, 5.41) is 8.84. The summed E-state index contributed by atoms with van der Waals surface area (Å²) in [4.78, 5) is 0. The molecule has 0 fully saturated rings. The first-order valence-corrected chi connectivity index (χ1v) is 3.45.